The second-order valence-corrected chi connectivity index (χ2v) is 7.08. The highest BCUT2D eigenvalue weighted by molar-refractivity contribution is 5.95. The van der Waals surface area contributed by atoms with E-state index < -0.39 is 24.5 Å². The number of carbonyl (C=O) groups excluding carboxylic acids is 3. The lowest BCUT2D eigenvalue weighted by Crippen LogP contribution is -2.31. The first-order valence-electron chi connectivity index (χ1n) is 9.94. The summed E-state index contributed by atoms with van der Waals surface area (Å²) in [5, 5.41) is 5.55. The first kappa shape index (κ1) is 21.8. The topological polar surface area (TPSA) is 84.5 Å². The van der Waals surface area contributed by atoms with E-state index in [0.717, 1.165) is 11.1 Å². The van der Waals surface area contributed by atoms with E-state index in [1.807, 2.05) is 55.5 Å². The summed E-state index contributed by atoms with van der Waals surface area (Å²) in [6.45, 7) is 1.55. The van der Waals surface area contributed by atoms with Crippen molar-refractivity contribution in [2.75, 3.05) is 11.9 Å². The van der Waals surface area contributed by atoms with E-state index >= 15 is 0 Å². The molecule has 1 atom stereocenters. The molecule has 0 aliphatic heterocycles. The maximum atomic E-state index is 12.6. The van der Waals surface area contributed by atoms with Crippen molar-refractivity contribution in [3.05, 3.63) is 102 Å². The summed E-state index contributed by atoms with van der Waals surface area (Å²) in [4.78, 5) is 37.0. The summed E-state index contributed by atoms with van der Waals surface area (Å²) in [6, 6.07) is 24.7. The van der Waals surface area contributed by atoms with Gasteiger partial charge in [-0.05, 0) is 36.8 Å². The Morgan fingerprint density at radius 2 is 1.45 bits per heavy atom. The number of ether oxygens (including phenoxy) is 1. The molecule has 31 heavy (non-hydrogen) atoms. The quantitative estimate of drug-likeness (QED) is 0.543. The summed E-state index contributed by atoms with van der Waals surface area (Å²) in [5.41, 5.74) is 2.97. The predicted octanol–water partition coefficient (Wildman–Crippen LogP) is 4.04. The highest BCUT2D eigenvalue weighted by Crippen LogP contribution is 2.18. The first-order chi connectivity index (χ1) is 15.0. The largest absolute Gasteiger partial charge is 0.455 e. The zero-order chi connectivity index (χ0) is 22.1. The van der Waals surface area contributed by atoms with Gasteiger partial charge in [0, 0.05) is 11.3 Å². The molecule has 0 bridgehead atoms. The van der Waals surface area contributed by atoms with Crippen molar-refractivity contribution in [1.82, 2.24) is 5.32 Å². The molecule has 0 aromatic heterocycles. The van der Waals surface area contributed by atoms with Gasteiger partial charge in [0.05, 0.1) is 12.5 Å². The van der Waals surface area contributed by atoms with Crippen molar-refractivity contribution < 1.29 is 19.1 Å². The number of hydrogen-bond donors (Lipinski definition) is 2. The highest BCUT2D eigenvalue weighted by Gasteiger charge is 2.20. The normalized spacial score (nSPS) is 11.3. The van der Waals surface area contributed by atoms with Gasteiger partial charge in [-0.1, -0.05) is 66.2 Å². The molecule has 0 radical (unpaired) electrons. The van der Waals surface area contributed by atoms with E-state index in [1.165, 1.54) is 0 Å². The number of carbonyl (C=O) groups is 3. The molecule has 0 fully saturated rings. The molecule has 3 rings (SSSR count). The summed E-state index contributed by atoms with van der Waals surface area (Å²) >= 11 is 0. The molecule has 2 amide bonds. The first-order valence-corrected chi connectivity index (χ1v) is 9.94. The molecular formula is C25H24N2O4. The van der Waals surface area contributed by atoms with E-state index in [1.54, 1.807) is 36.4 Å². The Morgan fingerprint density at radius 1 is 0.839 bits per heavy atom. The Balaban J connectivity index is 1.58. The Bertz CT molecular complexity index is 1020. The fraction of sp³-hybridized carbons (Fsp3) is 0.160. The number of benzene rings is 3. The zero-order valence-corrected chi connectivity index (χ0v) is 17.2. The van der Waals surface area contributed by atoms with Gasteiger partial charge in [0.2, 0.25) is 0 Å². The van der Waals surface area contributed by atoms with Crippen LogP contribution in [0.15, 0.2) is 84.9 Å². The summed E-state index contributed by atoms with van der Waals surface area (Å²) < 4.78 is 5.14. The van der Waals surface area contributed by atoms with Crippen LogP contribution in [0.5, 0.6) is 0 Å². The maximum Gasteiger partial charge on any atom is 0.308 e. The van der Waals surface area contributed by atoms with Crippen LogP contribution in [0.1, 0.15) is 33.9 Å². The lowest BCUT2D eigenvalue weighted by atomic mass is 10.0. The number of hydrogen-bond acceptors (Lipinski definition) is 4. The minimum Gasteiger partial charge on any atom is -0.455 e. The van der Waals surface area contributed by atoms with E-state index in [2.05, 4.69) is 10.6 Å². The molecule has 3 aromatic rings. The van der Waals surface area contributed by atoms with Crippen LogP contribution in [0.2, 0.25) is 0 Å². The van der Waals surface area contributed by atoms with Gasteiger partial charge in [-0.3, -0.25) is 14.4 Å². The molecule has 0 heterocycles. The fourth-order valence-corrected chi connectivity index (χ4v) is 2.97. The van der Waals surface area contributed by atoms with Gasteiger partial charge in [0.25, 0.3) is 11.8 Å². The molecule has 3 aromatic carbocycles. The minimum atomic E-state index is -0.582. The SMILES string of the molecule is Cc1ccc(NC(=O)COC(=O)C[C@H](NC(=O)c2ccccc2)c2ccccc2)cc1. The predicted molar refractivity (Wildman–Crippen MR) is 118 cm³/mol. The van der Waals surface area contributed by atoms with Crippen LogP contribution in [0.4, 0.5) is 5.69 Å². The third-order valence-corrected chi connectivity index (χ3v) is 4.61. The van der Waals surface area contributed by atoms with Gasteiger partial charge in [0.1, 0.15) is 0 Å². The summed E-state index contributed by atoms with van der Waals surface area (Å²) in [5.74, 6) is -1.30. The molecule has 0 spiro atoms. The Kier molecular flexibility index (Phi) is 7.54. The minimum absolute atomic E-state index is 0.0968. The third kappa shape index (κ3) is 6.82. The fourth-order valence-electron chi connectivity index (χ4n) is 2.97. The van der Waals surface area contributed by atoms with E-state index in [-0.39, 0.29) is 12.3 Å². The molecule has 0 unspecified atom stereocenters. The number of aryl methyl sites for hydroxylation is 1. The molecular weight excluding hydrogens is 392 g/mol. The Hall–Kier alpha value is -3.93. The highest BCUT2D eigenvalue weighted by atomic mass is 16.5. The van der Waals surface area contributed by atoms with Crippen LogP contribution in [0, 0.1) is 6.92 Å². The van der Waals surface area contributed by atoms with Crippen molar-refractivity contribution >= 4 is 23.5 Å². The van der Waals surface area contributed by atoms with Crippen LogP contribution >= 0.6 is 0 Å². The van der Waals surface area contributed by atoms with Crippen LogP contribution in [0.25, 0.3) is 0 Å². The number of rotatable bonds is 8. The number of anilines is 1. The number of amides is 2. The Labute approximate surface area is 181 Å². The van der Waals surface area contributed by atoms with Crippen molar-refractivity contribution in [2.45, 2.75) is 19.4 Å². The second-order valence-electron chi connectivity index (χ2n) is 7.08. The van der Waals surface area contributed by atoms with Crippen molar-refractivity contribution in [3.8, 4) is 0 Å². The van der Waals surface area contributed by atoms with Gasteiger partial charge < -0.3 is 15.4 Å². The Morgan fingerprint density at radius 3 is 2.10 bits per heavy atom. The van der Waals surface area contributed by atoms with Gasteiger partial charge in [-0.25, -0.2) is 0 Å². The van der Waals surface area contributed by atoms with Gasteiger partial charge in [-0.2, -0.15) is 0 Å². The molecule has 0 aliphatic rings. The van der Waals surface area contributed by atoms with E-state index in [0.29, 0.717) is 11.3 Å². The zero-order valence-electron chi connectivity index (χ0n) is 17.2. The number of esters is 1. The van der Waals surface area contributed by atoms with Crippen LogP contribution in [-0.4, -0.2) is 24.4 Å². The molecule has 0 aliphatic carbocycles. The second kappa shape index (κ2) is 10.7. The standard InChI is InChI=1S/C25H24N2O4/c1-18-12-14-21(15-13-18)26-23(28)17-31-24(29)16-22(19-8-4-2-5-9-19)27-25(30)20-10-6-3-7-11-20/h2-15,22H,16-17H2,1H3,(H,26,28)(H,27,30)/t22-/m0/s1. The van der Waals surface area contributed by atoms with Crippen LogP contribution in [-0.2, 0) is 14.3 Å². The van der Waals surface area contributed by atoms with Crippen molar-refractivity contribution in [2.24, 2.45) is 0 Å². The van der Waals surface area contributed by atoms with Gasteiger partial charge >= 0.3 is 5.97 Å². The van der Waals surface area contributed by atoms with Crippen LogP contribution in [0.3, 0.4) is 0 Å². The molecule has 0 saturated carbocycles. The molecule has 6 heteroatoms. The average molecular weight is 416 g/mol. The van der Waals surface area contributed by atoms with Crippen LogP contribution < -0.4 is 10.6 Å². The lowest BCUT2D eigenvalue weighted by molar-refractivity contribution is -0.147. The number of nitrogens with one attached hydrogen (secondary N) is 2. The summed E-state index contributed by atoms with van der Waals surface area (Å²) in [6.07, 6.45) is -0.0968. The monoisotopic (exact) mass is 416 g/mol. The lowest BCUT2D eigenvalue weighted by Gasteiger charge is -2.19. The summed E-state index contributed by atoms with van der Waals surface area (Å²) in [7, 11) is 0. The van der Waals surface area contributed by atoms with E-state index in [4.69, 9.17) is 4.74 Å². The maximum absolute atomic E-state index is 12.6. The van der Waals surface area contributed by atoms with Gasteiger partial charge in [0.15, 0.2) is 6.61 Å². The molecule has 0 saturated heterocycles. The van der Waals surface area contributed by atoms with Crippen molar-refractivity contribution in [3.63, 3.8) is 0 Å². The smallest absolute Gasteiger partial charge is 0.308 e. The average Bonchev–Trinajstić information content (AvgIpc) is 2.80. The molecule has 6 nitrogen and oxygen atoms in total. The molecule has 2 N–H and O–H groups in total. The van der Waals surface area contributed by atoms with Gasteiger partial charge in [-0.15, -0.1) is 0 Å². The van der Waals surface area contributed by atoms with Crippen molar-refractivity contribution in [1.29, 1.82) is 0 Å². The molecule has 158 valence electrons. The van der Waals surface area contributed by atoms with E-state index in [9.17, 15) is 14.4 Å². The third-order valence-electron chi connectivity index (χ3n) is 4.61.